The van der Waals surface area contributed by atoms with Gasteiger partial charge in [-0.2, -0.15) is 0 Å². The van der Waals surface area contributed by atoms with Crippen LogP contribution in [-0.2, 0) is 30.4 Å². The second-order valence-electron chi connectivity index (χ2n) is 13.1. The summed E-state index contributed by atoms with van der Waals surface area (Å²) >= 11 is 0. The number of hydrogen-bond acceptors (Lipinski definition) is 4. The number of piperidine rings is 1. The predicted octanol–water partition coefficient (Wildman–Crippen LogP) is 6.33. The zero-order valence-electron chi connectivity index (χ0n) is 25.3. The molecule has 3 aromatic carbocycles. The largest absolute Gasteiger partial charge is 0.444 e. The fraction of sp³-hybridized carbons (Fsp3) is 0.432. The summed E-state index contributed by atoms with van der Waals surface area (Å²) in [5, 5.41) is 2.18. The van der Waals surface area contributed by atoms with E-state index in [0.717, 1.165) is 48.3 Å². The average molecular weight is 562 g/mol. The van der Waals surface area contributed by atoms with E-state index in [2.05, 4.69) is 46.4 Å². The van der Waals surface area contributed by atoms with Crippen molar-refractivity contribution in [2.75, 3.05) is 19.8 Å². The maximum absolute atomic E-state index is 12.4. The molecule has 1 atom stereocenters. The molecule has 2 aliphatic carbocycles. The summed E-state index contributed by atoms with van der Waals surface area (Å²) in [5.41, 5.74) is 8.85. The van der Waals surface area contributed by atoms with E-state index in [-0.39, 0.29) is 6.09 Å². The van der Waals surface area contributed by atoms with Crippen LogP contribution in [0, 0.1) is 11.8 Å². The Morgan fingerprint density at radius 2 is 1.60 bits per heavy atom. The summed E-state index contributed by atoms with van der Waals surface area (Å²) < 4.78 is 5.58. The van der Waals surface area contributed by atoms with E-state index in [0.29, 0.717) is 6.67 Å². The van der Waals surface area contributed by atoms with Gasteiger partial charge in [0.05, 0.1) is 5.36 Å². The van der Waals surface area contributed by atoms with E-state index in [1.165, 1.54) is 48.8 Å². The highest BCUT2D eigenvalue weighted by Crippen LogP contribution is 2.42. The number of ether oxygens (including phenoxy) is 1. The summed E-state index contributed by atoms with van der Waals surface area (Å²) in [7, 11) is 0. The van der Waals surface area contributed by atoms with E-state index in [9.17, 15) is 4.79 Å². The van der Waals surface area contributed by atoms with Gasteiger partial charge in [-0.1, -0.05) is 54.6 Å². The fourth-order valence-electron chi connectivity index (χ4n) is 7.09. The van der Waals surface area contributed by atoms with Crippen molar-refractivity contribution >= 4 is 18.4 Å². The molecule has 2 heterocycles. The van der Waals surface area contributed by atoms with Crippen LogP contribution in [0.15, 0.2) is 70.6 Å². The van der Waals surface area contributed by atoms with Crippen molar-refractivity contribution in [2.24, 2.45) is 21.8 Å². The number of aliphatic imine (C=N–C) groups is 1. The highest BCUT2D eigenvalue weighted by Gasteiger charge is 2.33. The molecule has 1 amide bonds. The highest BCUT2D eigenvalue weighted by atomic mass is 16.6. The maximum atomic E-state index is 12.4. The van der Waals surface area contributed by atoms with Crippen LogP contribution < -0.4 is 10.6 Å². The van der Waals surface area contributed by atoms with E-state index in [1.54, 1.807) is 22.9 Å². The van der Waals surface area contributed by atoms with Crippen molar-refractivity contribution in [1.82, 2.24) is 4.90 Å². The van der Waals surface area contributed by atoms with Gasteiger partial charge in [-0.15, -0.1) is 0 Å². The number of hydrogen-bond donors (Lipinski definition) is 0. The summed E-state index contributed by atoms with van der Waals surface area (Å²) in [6.07, 6.45) is 11.9. The maximum Gasteiger partial charge on any atom is 0.410 e. The predicted molar refractivity (Wildman–Crippen MR) is 170 cm³/mol. The van der Waals surface area contributed by atoms with Gasteiger partial charge in [-0.25, -0.2) is 4.79 Å². The number of para-hydroxylation sites is 1. The lowest BCUT2D eigenvalue weighted by Gasteiger charge is -2.39. The van der Waals surface area contributed by atoms with Crippen molar-refractivity contribution in [1.29, 1.82) is 0 Å². The lowest BCUT2D eigenvalue weighted by atomic mass is 9.70. The SMILES string of the molecule is C1=NCN=c2ccccc2=C1.CC(C)(C)OC(=O)N1CCC(C2CCc3ccc4c(c3C2)CCc2ccccc2-4)CC1. The van der Waals surface area contributed by atoms with Gasteiger partial charge in [0.1, 0.15) is 12.3 Å². The lowest BCUT2D eigenvalue weighted by molar-refractivity contribution is 0.0155. The molecule has 0 spiro atoms. The van der Waals surface area contributed by atoms with Gasteiger partial charge < -0.3 is 9.64 Å². The first-order valence-electron chi connectivity index (χ1n) is 15.7. The molecular formula is C37H43N3O2. The minimum Gasteiger partial charge on any atom is -0.444 e. The third-order valence-electron chi connectivity index (χ3n) is 9.21. The van der Waals surface area contributed by atoms with Crippen molar-refractivity contribution < 1.29 is 9.53 Å². The van der Waals surface area contributed by atoms with Crippen molar-refractivity contribution in [3.05, 3.63) is 93.5 Å². The van der Waals surface area contributed by atoms with Crippen LogP contribution in [0.5, 0.6) is 0 Å². The zero-order chi connectivity index (χ0) is 29.1. The van der Waals surface area contributed by atoms with Gasteiger partial charge in [0.25, 0.3) is 0 Å². The molecule has 0 bridgehead atoms. The van der Waals surface area contributed by atoms with Crippen molar-refractivity contribution in [3.63, 3.8) is 0 Å². The van der Waals surface area contributed by atoms with E-state index < -0.39 is 5.60 Å². The number of fused-ring (bicyclic) bond motifs is 6. The smallest absolute Gasteiger partial charge is 0.410 e. The van der Waals surface area contributed by atoms with Gasteiger partial charge in [0.15, 0.2) is 0 Å². The van der Waals surface area contributed by atoms with Gasteiger partial charge in [-0.05, 0) is 123 Å². The lowest BCUT2D eigenvalue weighted by Crippen LogP contribution is -2.43. The van der Waals surface area contributed by atoms with Crippen LogP contribution in [0.1, 0.15) is 62.3 Å². The first-order chi connectivity index (χ1) is 20.4. The second-order valence-corrected chi connectivity index (χ2v) is 13.1. The molecule has 0 saturated carbocycles. The van der Waals surface area contributed by atoms with Crippen LogP contribution in [-0.4, -0.2) is 42.6 Å². The van der Waals surface area contributed by atoms with Crippen LogP contribution in [0.2, 0.25) is 0 Å². The normalized spacial score (nSPS) is 19.3. The Morgan fingerprint density at radius 1 is 0.810 bits per heavy atom. The van der Waals surface area contributed by atoms with E-state index in [1.807, 2.05) is 56.0 Å². The second kappa shape index (κ2) is 12.2. The van der Waals surface area contributed by atoms with Crippen molar-refractivity contribution in [3.8, 4) is 11.1 Å². The third kappa shape index (κ3) is 6.35. The van der Waals surface area contributed by atoms with E-state index >= 15 is 0 Å². The first-order valence-corrected chi connectivity index (χ1v) is 15.7. The molecule has 2 aliphatic heterocycles. The van der Waals surface area contributed by atoms with Gasteiger partial charge in [-0.3, -0.25) is 9.98 Å². The molecule has 3 aromatic rings. The molecule has 4 aliphatic rings. The molecular weight excluding hydrogens is 518 g/mol. The molecule has 5 heteroatoms. The summed E-state index contributed by atoms with van der Waals surface area (Å²) in [6.45, 7) is 8.04. The molecule has 1 fully saturated rings. The molecule has 1 unspecified atom stereocenters. The Labute approximate surface area is 250 Å². The molecule has 7 rings (SSSR count). The van der Waals surface area contributed by atoms with Crippen LogP contribution in [0.4, 0.5) is 4.79 Å². The monoisotopic (exact) mass is 561 g/mol. The van der Waals surface area contributed by atoms with Crippen LogP contribution >= 0.6 is 0 Å². The molecule has 1 saturated heterocycles. The summed E-state index contributed by atoms with van der Waals surface area (Å²) in [5.74, 6) is 1.47. The van der Waals surface area contributed by atoms with Crippen molar-refractivity contribution in [2.45, 2.75) is 71.3 Å². The standard InChI is InChI=1S/C28H35NO2.C9H8N2/c1-28(2,3)31-27(30)29-16-14-19(15-17-29)22-9-8-21-11-12-24-23-7-5-4-6-20(23)10-13-25(24)26(21)18-22;1-2-4-9-8(3-1)5-6-10-7-11-9/h4-7,11-12,19,22H,8-10,13-18H2,1-3H3;1-6H,7H2. The summed E-state index contributed by atoms with van der Waals surface area (Å²) in [6, 6.07) is 21.7. The Bertz CT molecular complexity index is 1590. The minimum atomic E-state index is -0.418. The Kier molecular flexibility index (Phi) is 8.28. The topological polar surface area (TPSA) is 54.3 Å². The summed E-state index contributed by atoms with van der Waals surface area (Å²) in [4.78, 5) is 22.6. The molecule has 42 heavy (non-hydrogen) atoms. The number of carbonyl (C=O) groups excluding carboxylic acids is 1. The number of likely N-dealkylation sites (tertiary alicyclic amines) is 1. The highest BCUT2D eigenvalue weighted by molar-refractivity contribution is 5.90. The van der Waals surface area contributed by atoms with Gasteiger partial charge in [0.2, 0.25) is 0 Å². The minimum absolute atomic E-state index is 0.146. The Morgan fingerprint density at radius 3 is 2.43 bits per heavy atom. The quantitative estimate of drug-likeness (QED) is 0.349. The zero-order valence-corrected chi connectivity index (χ0v) is 25.3. The molecule has 5 nitrogen and oxygen atoms in total. The first kappa shape index (κ1) is 28.4. The number of nitrogens with zero attached hydrogens (tertiary/aromatic N) is 3. The number of aryl methyl sites for hydroxylation is 2. The molecule has 0 radical (unpaired) electrons. The third-order valence-corrected chi connectivity index (χ3v) is 9.21. The fourth-order valence-corrected chi connectivity index (χ4v) is 7.09. The Hall–Kier alpha value is -3.73. The molecule has 0 N–H and O–H groups in total. The molecule has 218 valence electrons. The van der Waals surface area contributed by atoms with Crippen LogP contribution in [0.3, 0.4) is 0 Å². The van der Waals surface area contributed by atoms with Gasteiger partial charge >= 0.3 is 6.09 Å². The van der Waals surface area contributed by atoms with Gasteiger partial charge in [0, 0.05) is 24.5 Å². The number of amides is 1. The van der Waals surface area contributed by atoms with Crippen LogP contribution in [0.25, 0.3) is 17.2 Å². The number of benzene rings is 3. The average Bonchev–Trinajstić information content (AvgIpc) is 3.26. The molecule has 0 aromatic heterocycles. The number of carbonyl (C=O) groups is 1. The van der Waals surface area contributed by atoms with E-state index in [4.69, 9.17) is 4.74 Å². The Balaban J connectivity index is 0.000000240. The number of rotatable bonds is 1.